The van der Waals surface area contributed by atoms with Gasteiger partial charge >= 0.3 is 0 Å². The average Bonchev–Trinajstić information content (AvgIpc) is 2.93. The maximum Gasteiger partial charge on any atom is 0.260 e. The van der Waals surface area contributed by atoms with Crippen LogP contribution in [0, 0.1) is 5.82 Å². The average molecular weight is 279 g/mol. The Labute approximate surface area is 114 Å². The Morgan fingerprint density at radius 1 is 1.40 bits per heavy atom. The third kappa shape index (κ3) is 2.25. The summed E-state index contributed by atoms with van der Waals surface area (Å²) in [5.41, 5.74) is -0.804. The molecule has 0 bridgehead atoms. The molecule has 3 N–H and O–H groups in total. The van der Waals surface area contributed by atoms with Crippen LogP contribution in [-0.4, -0.2) is 33.4 Å². The molecule has 1 aliphatic heterocycles. The fourth-order valence-electron chi connectivity index (χ4n) is 2.25. The van der Waals surface area contributed by atoms with Crippen molar-refractivity contribution in [2.24, 2.45) is 0 Å². The van der Waals surface area contributed by atoms with E-state index in [2.05, 4.69) is 15.5 Å². The van der Waals surface area contributed by atoms with Gasteiger partial charge in [-0.15, -0.1) is 0 Å². The number of halogens is 1. The summed E-state index contributed by atoms with van der Waals surface area (Å²) < 4.78 is 18.4. The van der Waals surface area contributed by atoms with Crippen molar-refractivity contribution in [3.8, 4) is 17.1 Å². The Kier molecular flexibility index (Phi) is 3.15. The SMILES string of the molecule is Oc1ccc(-c2noc(C3(O)CCCNC3)n2)cc1F. The van der Waals surface area contributed by atoms with Gasteiger partial charge in [0.2, 0.25) is 5.82 Å². The summed E-state index contributed by atoms with van der Waals surface area (Å²) in [4.78, 5) is 4.13. The van der Waals surface area contributed by atoms with Crippen LogP contribution in [0.2, 0.25) is 0 Å². The van der Waals surface area contributed by atoms with Gasteiger partial charge in [0.15, 0.2) is 17.2 Å². The Hall–Kier alpha value is -1.99. The minimum atomic E-state index is -1.18. The normalized spacial score (nSPS) is 22.9. The zero-order valence-electron chi connectivity index (χ0n) is 10.6. The summed E-state index contributed by atoms with van der Waals surface area (Å²) in [5, 5.41) is 26.4. The Morgan fingerprint density at radius 3 is 2.95 bits per heavy atom. The van der Waals surface area contributed by atoms with Crippen molar-refractivity contribution in [1.82, 2.24) is 15.5 Å². The lowest BCUT2D eigenvalue weighted by Crippen LogP contribution is -2.43. The van der Waals surface area contributed by atoms with Gasteiger partial charge in [-0.3, -0.25) is 0 Å². The van der Waals surface area contributed by atoms with Crippen LogP contribution in [0.15, 0.2) is 22.7 Å². The molecule has 2 heterocycles. The van der Waals surface area contributed by atoms with Crippen molar-refractivity contribution in [1.29, 1.82) is 0 Å². The van der Waals surface area contributed by atoms with Crippen LogP contribution in [0.25, 0.3) is 11.4 Å². The molecule has 0 radical (unpaired) electrons. The maximum absolute atomic E-state index is 13.3. The van der Waals surface area contributed by atoms with E-state index in [1.807, 2.05) is 0 Å². The van der Waals surface area contributed by atoms with Gasteiger partial charge in [0, 0.05) is 12.1 Å². The highest BCUT2D eigenvalue weighted by atomic mass is 19.1. The lowest BCUT2D eigenvalue weighted by atomic mass is 9.94. The molecule has 20 heavy (non-hydrogen) atoms. The van der Waals surface area contributed by atoms with E-state index in [0.29, 0.717) is 18.5 Å². The van der Waals surface area contributed by atoms with Gasteiger partial charge in [-0.2, -0.15) is 4.98 Å². The molecule has 1 aliphatic rings. The minimum Gasteiger partial charge on any atom is -0.505 e. The predicted octanol–water partition coefficient (Wildman–Crippen LogP) is 1.15. The predicted molar refractivity (Wildman–Crippen MR) is 67.4 cm³/mol. The third-order valence-electron chi connectivity index (χ3n) is 3.39. The Morgan fingerprint density at radius 2 is 2.25 bits per heavy atom. The Balaban J connectivity index is 1.91. The van der Waals surface area contributed by atoms with Crippen LogP contribution in [0.4, 0.5) is 4.39 Å². The second-order valence-corrected chi connectivity index (χ2v) is 4.90. The molecule has 1 saturated heterocycles. The topological polar surface area (TPSA) is 91.4 Å². The first-order valence-electron chi connectivity index (χ1n) is 6.35. The second kappa shape index (κ2) is 4.84. The lowest BCUT2D eigenvalue weighted by molar-refractivity contribution is -0.0167. The number of piperidine rings is 1. The highest BCUT2D eigenvalue weighted by Crippen LogP contribution is 2.29. The summed E-state index contributed by atoms with van der Waals surface area (Å²) in [5.74, 6) is -0.898. The molecule has 0 spiro atoms. The molecule has 2 aromatic rings. The number of hydrogen-bond donors (Lipinski definition) is 3. The van der Waals surface area contributed by atoms with E-state index in [9.17, 15) is 9.50 Å². The number of aliphatic hydroxyl groups is 1. The van der Waals surface area contributed by atoms with Crippen LogP contribution in [0.5, 0.6) is 5.75 Å². The van der Waals surface area contributed by atoms with E-state index < -0.39 is 17.2 Å². The van der Waals surface area contributed by atoms with Crippen molar-refractivity contribution in [3.05, 3.63) is 29.9 Å². The molecule has 106 valence electrons. The quantitative estimate of drug-likeness (QED) is 0.764. The zero-order valence-corrected chi connectivity index (χ0v) is 10.6. The molecule has 1 aromatic heterocycles. The van der Waals surface area contributed by atoms with Gasteiger partial charge in [0.25, 0.3) is 5.89 Å². The first-order chi connectivity index (χ1) is 9.58. The molecule has 1 aromatic carbocycles. The number of phenolic OH excluding ortho intramolecular Hbond substituents is 1. The lowest BCUT2D eigenvalue weighted by Gasteiger charge is -2.28. The largest absolute Gasteiger partial charge is 0.505 e. The molecular weight excluding hydrogens is 265 g/mol. The van der Waals surface area contributed by atoms with Crippen LogP contribution >= 0.6 is 0 Å². The summed E-state index contributed by atoms with van der Waals surface area (Å²) in [6.45, 7) is 1.19. The number of aromatic hydroxyl groups is 1. The van der Waals surface area contributed by atoms with Crippen molar-refractivity contribution < 1.29 is 19.1 Å². The number of phenols is 1. The number of β-amino-alcohol motifs (C(OH)–C–C–N with tert-alkyl or cyclic N) is 1. The van der Waals surface area contributed by atoms with E-state index in [1.54, 1.807) is 0 Å². The molecule has 0 saturated carbocycles. The monoisotopic (exact) mass is 279 g/mol. The smallest absolute Gasteiger partial charge is 0.260 e. The number of hydrogen-bond acceptors (Lipinski definition) is 6. The van der Waals surface area contributed by atoms with Crippen molar-refractivity contribution >= 4 is 0 Å². The summed E-state index contributed by atoms with van der Waals surface area (Å²) in [6.07, 6.45) is 1.34. The second-order valence-electron chi connectivity index (χ2n) is 4.90. The van der Waals surface area contributed by atoms with Gasteiger partial charge in [0.1, 0.15) is 0 Å². The van der Waals surface area contributed by atoms with Gasteiger partial charge in [-0.05, 0) is 37.6 Å². The van der Waals surface area contributed by atoms with Gasteiger partial charge in [0.05, 0.1) is 0 Å². The van der Waals surface area contributed by atoms with Crippen LogP contribution in [0.3, 0.4) is 0 Å². The van der Waals surface area contributed by atoms with E-state index >= 15 is 0 Å². The summed E-state index contributed by atoms with van der Waals surface area (Å²) in [7, 11) is 0. The number of rotatable bonds is 2. The van der Waals surface area contributed by atoms with E-state index in [-0.39, 0.29) is 11.7 Å². The number of nitrogens with zero attached hydrogens (tertiary/aromatic N) is 2. The first-order valence-corrected chi connectivity index (χ1v) is 6.35. The third-order valence-corrected chi connectivity index (χ3v) is 3.39. The molecule has 1 fully saturated rings. The fourth-order valence-corrected chi connectivity index (χ4v) is 2.25. The molecule has 0 amide bonds. The van der Waals surface area contributed by atoms with Crippen LogP contribution in [-0.2, 0) is 5.60 Å². The highest BCUT2D eigenvalue weighted by Gasteiger charge is 2.37. The maximum atomic E-state index is 13.3. The first kappa shape index (κ1) is 13.0. The molecule has 6 nitrogen and oxygen atoms in total. The number of benzene rings is 1. The van der Waals surface area contributed by atoms with E-state index in [1.165, 1.54) is 12.1 Å². The van der Waals surface area contributed by atoms with Gasteiger partial charge in [-0.1, -0.05) is 5.16 Å². The highest BCUT2D eigenvalue weighted by molar-refractivity contribution is 5.55. The van der Waals surface area contributed by atoms with Crippen molar-refractivity contribution in [2.75, 3.05) is 13.1 Å². The van der Waals surface area contributed by atoms with Crippen molar-refractivity contribution in [3.63, 3.8) is 0 Å². The van der Waals surface area contributed by atoms with Crippen molar-refractivity contribution in [2.45, 2.75) is 18.4 Å². The van der Waals surface area contributed by atoms with Crippen LogP contribution in [0.1, 0.15) is 18.7 Å². The van der Waals surface area contributed by atoms with E-state index in [4.69, 9.17) is 9.63 Å². The molecule has 1 unspecified atom stereocenters. The molecule has 0 aliphatic carbocycles. The number of aromatic nitrogens is 2. The molecule has 7 heteroatoms. The number of nitrogens with one attached hydrogen (secondary N) is 1. The molecule has 1 atom stereocenters. The van der Waals surface area contributed by atoms with Gasteiger partial charge < -0.3 is 20.1 Å². The summed E-state index contributed by atoms with van der Waals surface area (Å²) >= 11 is 0. The van der Waals surface area contributed by atoms with Gasteiger partial charge in [-0.25, -0.2) is 4.39 Å². The van der Waals surface area contributed by atoms with E-state index in [0.717, 1.165) is 19.0 Å². The minimum absolute atomic E-state index is 0.119. The zero-order chi connectivity index (χ0) is 14.2. The molecular formula is C13H14FN3O3. The molecule has 3 rings (SSSR count). The standard InChI is InChI=1S/C13H14FN3O3/c14-9-6-8(2-3-10(9)18)11-16-12(20-17-11)13(19)4-1-5-15-7-13/h2-3,6,15,18-19H,1,4-5,7H2. The Bertz CT molecular complexity index is 623. The van der Waals surface area contributed by atoms with Crippen LogP contribution < -0.4 is 5.32 Å². The summed E-state index contributed by atoms with van der Waals surface area (Å²) in [6, 6.07) is 3.82. The fraction of sp³-hybridized carbons (Fsp3) is 0.385.